The van der Waals surface area contributed by atoms with Crippen molar-refractivity contribution in [2.45, 2.75) is 51.7 Å². The molecule has 0 aromatic rings. The minimum absolute atomic E-state index is 0.710. The lowest BCUT2D eigenvalue weighted by Crippen LogP contribution is -2.33. The van der Waals surface area contributed by atoms with E-state index < -0.39 is 0 Å². The Labute approximate surface area is 129 Å². The van der Waals surface area contributed by atoms with Gasteiger partial charge < -0.3 is 10.2 Å². The highest BCUT2D eigenvalue weighted by Crippen LogP contribution is 2.30. The summed E-state index contributed by atoms with van der Waals surface area (Å²) in [5.74, 6) is 1.54. The number of rotatable bonds is 7. The van der Waals surface area contributed by atoms with Gasteiger partial charge in [0.15, 0.2) is 5.17 Å². The lowest BCUT2D eigenvalue weighted by atomic mass is 9.99. The SMILES string of the molecule is CCC(CC)C1CN=C(NCC(C)CN2CCCC2)S1. The molecule has 0 bridgehead atoms. The number of hydrogen-bond donors (Lipinski definition) is 1. The van der Waals surface area contributed by atoms with Crippen LogP contribution in [-0.2, 0) is 0 Å². The van der Waals surface area contributed by atoms with Crippen LogP contribution in [-0.4, -0.2) is 48.0 Å². The zero-order valence-electron chi connectivity index (χ0n) is 13.4. The average Bonchev–Trinajstić information content (AvgIpc) is 3.10. The second-order valence-electron chi connectivity index (χ2n) is 6.37. The average molecular weight is 298 g/mol. The van der Waals surface area contributed by atoms with Crippen LogP contribution in [0.3, 0.4) is 0 Å². The molecule has 2 unspecified atom stereocenters. The molecule has 2 aliphatic heterocycles. The number of nitrogens with one attached hydrogen (secondary N) is 1. The largest absolute Gasteiger partial charge is 0.365 e. The number of amidine groups is 1. The topological polar surface area (TPSA) is 27.6 Å². The van der Waals surface area contributed by atoms with Gasteiger partial charge in [-0.3, -0.25) is 4.99 Å². The fraction of sp³-hybridized carbons (Fsp3) is 0.938. The Hall–Kier alpha value is -0.220. The molecule has 1 fully saturated rings. The summed E-state index contributed by atoms with van der Waals surface area (Å²) in [7, 11) is 0. The zero-order chi connectivity index (χ0) is 14.4. The molecule has 20 heavy (non-hydrogen) atoms. The first-order chi connectivity index (χ1) is 9.72. The van der Waals surface area contributed by atoms with Gasteiger partial charge in [-0.2, -0.15) is 0 Å². The second kappa shape index (κ2) is 8.28. The van der Waals surface area contributed by atoms with Crippen molar-refractivity contribution in [1.82, 2.24) is 10.2 Å². The summed E-state index contributed by atoms with van der Waals surface area (Å²) in [6, 6.07) is 0. The van der Waals surface area contributed by atoms with Crippen molar-refractivity contribution < 1.29 is 0 Å². The summed E-state index contributed by atoms with van der Waals surface area (Å²) < 4.78 is 0. The van der Waals surface area contributed by atoms with Crippen molar-refractivity contribution in [3.63, 3.8) is 0 Å². The molecule has 0 aliphatic carbocycles. The number of nitrogens with zero attached hydrogens (tertiary/aromatic N) is 2. The van der Waals surface area contributed by atoms with E-state index >= 15 is 0 Å². The first-order valence-corrected chi connectivity index (χ1v) is 9.28. The molecule has 2 atom stereocenters. The summed E-state index contributed by atoms with van der Waals surface area (Å²) in [5, 5.41) is 5.47. The molecular formula is C16H31N3S. The predicted molar refractivity (Wildman–Crippen MR) is 90.6 cm³/mol. The van der Waals surface area contributed by atoms with Gasteiger partial charge in [-0.1, -0.05) is 45.4 Å². The zero-order valence-corrected chi connectivity index (χ0v) is 14.2. The predicted octanol–water partition coefficient (Wildman–Crippen LogP) is 3.22. The maximum atomic E-state index is 4.69. The first kappa shape index (κ1) is 16.2. The van der Waals surface area contributed by atoms with Gasteiger partial charge in [-0.15, -0.1) is 0 Å². The van der Waals surface area contributed by atoms with Gasteiger partial charge in [0.05, 0.1) is 6.54 Å². The van der Waals surface area contributed by atoms with Crippen molar-refractivity contribution in [3.05, 3.63) is 0 Å². The molecule has 3 nitrogen and oxygen atoms in total. The van der Waals surface area contributed by atoms with Crippen molar-refractivity contribution in [2.24, 2.45) is 16.8 Å². The Bertz CT molecular complexity index is 309. The third-order valence-electron chi connectivity index (χ3n) is 4.62. The maximum Gasteiger partial charge on any atom is 0.156 e. The number of hydrogen-bond acceptors (Lipinski definition) is 4. The Morgan fingerprint density at radius 1 is 1.30 bits per heavy atom. The molecule has 2 rings (SSSR count). The van der Waals surface area contributed by atoms with E-state index in [-0.39, 0.29) is 0 Å². The molecule has 0 aromatic carbocycles. The summed E-state index contributed by atoms with van der Waals surface area (Å²) in [4.78, 5) is 7.29. The smallest absolute Gasteiger partial charge is 0.156 e. The molecular weight excluding hydrogens is 266 g/mol. The third kappa shape index (κ3) is 4.66. The maximum absolute atomic E-state index is 4.69. The number of likely N-dealkylation sites (tertiary alicyclic amines) is 1. The van der Waals surface area contributed by atoms with Crippen molar-refractivity contribution in [2.75, 3.05) is 32.7 Å². The summed E-state index contributed by atoms with van der Waals surface area (Å²) in [6.45, 7) is 12.9. The van der Waals surface area contributed by atoms with E-state index in [9.17, 15) is 0 Å². The highest BCUT2D eigenvalue weighted by atomic mass is 32.2. The van der Waals surface area contributed by atoms with Gasteiger partial charge in [0.25, 0.3) is 0 Å². The van der Waals surface area contributed by atoms with Crippen LogP contribution in [0.5, 0.6) is 0 Å². The molecule has 4 heteroatoms. The molecule has 0 amide bonds. The molecule has 1 N–H and O–H groups in total. The normalized spacial score (nSPS) is 25.2. The summed E-state index contributed by atoms with van der Waals surface area (Å²) in [5.41, 5.74) is 0. The number of aliphatic imine (C=N–C) groups is 1. The van der Waals surface area contributed by atoms with Gasteiger partial charge in [-0.25, -0.2) is 0 Å². The van der Waals surface area contributed by atoms with Gasteiger partial charge in [0, 0.05) is 18.3 Å². The van der Waals surface area contributed by atoms with E-state index in [1.54, 1.807) is 0 Å². The van der Waals surface area contributed by atoms with Crippen LogP contribution in [0.2, 0.25) is 0 Å². The van der Waals surface area contributed by atoms with Crippen LogP contribution < -0.4 is 5.32 Å². The molecule has 2 heterocycles. The van der Waals surface area contributed by atoms with Crippen molar-refractivity contribution >= 4 is 16.9 Å². The van der Waals surface area contributed by atoms with E-state index in [0.29, 0.717) is 11.2 Å². The fourth-order valence-corrected chi connectivity index (χ4v) is 4.61. The summed E-state index contributed by atoms with van der Waals surface area (Å²) in [6.07, 6.45) is 5.34. The van der Waals surface area contributed by atoms with E-state index in [4.69, 9.17) is 4.99 Å². The van der Waals surface area contributed by atoms with Crippen molar-refractivity contribution in [3.8, 4) is 0 Å². The standard InChI is InChI=1S/C16H31N3S/c1-4-14(5-2)15-11-18-16(20-15)17-10-13(3)12-19-8-6-7-9-19/h13-15H,4-12H2,1-3H3,(H,17,18). The highest BCUT2D eigenvalue weighted by molar-refractivity contribution is 8.14. The monoisotopic (exact) mass is 297 g/mol. The fourth-order valence-electron chi connectivity index (χ4n) is 3.28. The van der Waals surface area contributed by atoms with Crippen LogP contribution in [0.1, 0.15) is 46.5 Å². The van der Waals surface area contributed by atoms with E-state index in [2.05, 4.69) is 31.0 Å². The van der Waals surface area contributed by atoms with Crippen LogP contribution in [0.15, 0.2) is 4.99 Å². The van der Waals surface area contributed by atoms with Gasteiger partial charge in [0.2, 0.25) is 0 Å². The molecule has 0 radical (unpaired) electrons. The Balaban J connectivity index is 1.64. The minimum Gasteiger partial charge on any atom is -0.365 e. The first-order valence-electron chi connectivity index (χ1n) is 8.40. The Morgan fingerprint density at radius 2 is 2.00 bits per heavy atom. The summed E-state index contributed by atoms with van der Waals surface area (Å²) >= 11 is 1.98. The molecule has 0 aromatic heterocycles. The Morgan fingerprint density at radius 3 is 2.65 bits per heavy atom. The second-order valence-corrected chi connectivity index (χ2v) is 7.60. The van der Waals surface area contributed by atoms with Gasteiger partial charge in [-0.05, 0) is 37.8 Å². The lowest BCUT2D eigenvalue weighted by molar-refractivity contribution is 0.288. The van der Waals surface area contributed by atoms with E-state index in [0.717, 1.165) is 19.0 Å². The van der Waals surface area contributed by atoms with E-state index in [1.807, 2.05) is 11.8 Å². The van der Waals surface area contributed by atoms with E-state index in [1.165, 1.54) is 50.5 Å². The van der Waals surface area contributed by atoms with Gasteiger partial charge in [0.1, 0.15) is 0 Å². The molecule has 116 valence electrons. The number of thioether (sulfide) groups is 1. The van der Waals surface area contributed by atoms with Crippen LogP contribution >= 0.6 is 11.8 Å². The molecule has 0 spiro atoms. The molecule has 1 saturated heterocycles. The van der Waals surface area contributed by atoms with Crippen LogP contribution in [0.25, 0.3) is 0 Å². The van der Waals surface area contributed by atoms with Gasteiger partial charge >= 0.3 is 0 Å². The molecule has 2 aliphatic rings. The Kier molecular flexibility index (Phi) is 6.69. The minimum atomic E-state index is 0.710. The highest BCUT2D eigenvalue weighted by Gasteiger charge is 2.26. The molecule has 0 saturated carbocycles. The van der Waals surface area contributed by atoms with Crippen LogP contribution in [0.4, 0.5) is 0 Å². The van der Waals surface area contributed by atoms with Crippen LogP contribution in [0, 0.1) is 11.8 Å². The lowest BCUT2D eigenvalue weighted by Gasteiger charge is -2.21. The third-order valence-corrected chi connectivity index (χ3v) is 5.96. The van der Waals surface area contributed by atoms with Crippen molar-refractivity contribution in [1.29, 1.82) is 0 Å². The quantitative estimate of drug-likeness (QED) is 0.782.